The van der Waals surface area contributed by atoms with Crippen LogP contribution in [0.1, 0.15) is 17.5 Å². The number of fused-ring (bicyclic) bond motifs is 2. The van der Waals surface area contributed by atoms with E-state index in [0.717, 1.165) is 34.7 Å². The number of benzene rings is 1. The lowest BCUT2D eigenvalue weighted by atomic mass is 10.1. The number of amides is 2. The van der Waals surface area contributed by atoms with Crippen LogP contribution in [0.3, 0.4) is 0 Å². The van der Waals surface area contributed by atoms with Crippen LogP contribution in [0.5, 0.6) is 0 Å². The van der Waals surface area contributed by atoms with Crippen molar-refractivity contribution in [2.24, 2.45) is 0 Å². The molecule has 1 saturated heterocycles. The molecule has 0 atom stereocenters. The minimum absolute atomic E-state index is 0.0568. The number of anilines is 3. The van der Waals surface area contributed by atoms with E-state index >= 15 is 0 Å². The molecule has 1 aliphatic heterocycles. The number of rotatable bonds is 2. The molecule has 1 fully saturated rings. The predicted octanol–water partition coefficient (Wildman–Crippen LogP) is 2.51. The number of nitrogens with two attached hydrogens (primary N) is 1. The lowest BCUT2D eigenvalue weighted by molar-refractivity contribution is 0.208. The van der Waals surface area contributed by atoms with Crippen molar-refractivity contribution in [3.63, 3.8) is 0 Å². The monoisotopic (exact) mass is 395 g/mol. The Morgan fingerprint density at radius 3 is 2.79 bits per heavy atom. The molecule has 2 aromatic heterocycles. The van der Waals surface area contributed by atoms with Crippen molar-refractivity contribution in [2.75, 3.05) is 42.1 Å². The van der Waals surface area contributed by atoms with Crippen LogP contribution in [-0.2, 0) is 12.8 Å². The molecular formula is C19H21N7OS. The topological polar surface area (TPSA) is 100 Å². The summed E-state index contributed by atoms with van der Waals surface area (Å²) in [6.07, 6.45) is 3.45. The van der Waals surface area contributed by atoms with Gasteiger partial charge in [0.05, 0.1) is 5.51 Å². The number of carbonyl (C=O) groups excluding carboxylic acids is 1. The molecule has 2 aliphatic rings. The Morgan fingerprint density at radius 1 is 1.11 bits per heavy atom. The second kappa shape index (κ2) is 6.90. The van der Waals surface area contributed by atoms with Crippen molar-refractivity contribution in [3.8, 4) is 0 Å². The maximum Gasteiger partial charge on any atom is 0.321 e. The highest BCUT2D eigenvalue weighted by Crippen LogP contribution is 2.27. The average Bonchev–Trinajstić information content (AvgIpc) is 3.36. The molecule has 3 N–H and O–H groups in total. The van der Waals surface area contributed by atoms with Crippen molar-refractivity contribution in [1.29, 1.82) is 0 Å². The van der Waals surface area contributed by atoms with Crippen LogP contribution >= 0.6 is 11.3 Å². The van der Waals surface area contributed by atoms with Crippen molar-refractivity contribution in [2.45, 2.75) is 19.3 Å². The summed E-state index contributed by atoms with van der Waals surface area (Å²) in [5.41, 5.74) is 12.0. The maximum atomic E-state index is 12.7. The Balaban J connectivity index is 1.25. The number of aryl methyl sites for hydroxylation is 2. The molecule has 9 heteroatoms. The number of thiazole rings is 1. The van der Waals surface area contributed by atoms with Crippen LogP contribution in [0.4, 0.5) is 22.2 Å². The number of carbonyl (C=O) groups is 1. The molecule has 0 bridgehead atoms. The number of piperazine rings is 1. The van der Waals surface area contributed by atoms with Crippen molar-refractivity contribution in [3.05, 3.63) is 34.8 Å². The summed E-state index contributed by atoms with van der Waals surface area (Å²) in [4.78, 5) is 30.4. The van der Waals surface area contributed by atoms with E-state index in [4.69, 9.17) is 5.73 Å². The third-order valence-corrected chi connectivity index (χ3v) is 6.13. The smallest absolute Gasteiger partial charge is 0.321 e. The highest BCUT2D eigenvalue weighted by atomic mass is 32.1. The highest BCUT2D eigenvalue weighted by Gasteiger charge is 2.24. The summed E-state index contributed by atoms with van der Waals surface area (Å²) in [5, 5.41) is 3.04. The Morgan fingerprint density at radius 2 is 1.93 bits per heavy atom. The molecule has 5 rings (SSSR count). The van der Waals surface area contributed by atoms with Gasteiger partial charge in [0.25, 0.3) is 0 Å². The number of hydrogen-bond donors (Lipinski definition) is 2. The summed E-state index contributed by atoms with van der Waals surface area (Å²) >= 11 is 1.45. The normalized spacial score (nSPS) is 16.4. The van der Waals surface area contributed by atoms with Gasteiger partial charge in [-0.25, -0.2) is 14.8 Å². The first-order valence-electron chi connectivity index (χ1n) is 9.47. The molecule has 0 radical (unpaired) electrons. The van der Waals surface area contributed by atoms with Crippen molar-refractivity contribution < 1.29 is 4.79 Å². The molecule has 0 saturated carbocycles. The Labute approximate surface area is 166 Å². The number of nitrogens with zero attached hydrogens (tertiary/aromatic N) is 5. The SMILES string of the molecule is Nc1nc(N2CCN(C(=O)Nc3ccc4c(c3)CCC4)CC2)c2ncsc2n1. The summed E-state index contributed by atoms with van der Waals surface area (Å²) in [7, 11) is 0. The second-order valence-electron chi connectivity index (χ2n) is 7.15. The zero-order chi connectivity index (χ0) is 19.1. The number of nitrogen functional groups attached to an aromatic ring is 1. The third-order valence-electron chi connectivity index (χ3n) is 5.41. The fourth-order valence-corrected chi connectivity index (χ4v) is 4.62. The Bertz CT molecular complexity index is 1040. The first-order chi connectivity index (χ1) is 13.7. The fourth-order valence-electron chi connectivity index (χ4n) is 3.96. The van der Waals surface area contributed by atoms with E-state index in [1.54, 1.807) is 5.51 Å². The molecule has 3 heterocycles. The van der Waals surface area contributed by atoms with E-state index in [1.807, 2.05) is 11.0 Å². The standard InChI is InChI=1S/C19H21N7OS/c20-18-23-16(15-17(24-18)28-11-21-15)25-6-8-26(9-7-25)19(27)22-14-5-4-12-2-1-3-13(12)10-14/h4-5,10-11H,1-3,6-9H2,(H,22,27)(H2,20,23,24). The molecular weight excluding hydrogens is 374 g/mol. The molecule has 8 nitrogen and oxygen atoms in total. The minimum atomic E-state index is -0.0568. The van der Waals surface area contributed by atoms with Gasteiger partial charge < -0.3 is 20.9 Å². The molecule has 28 heavy (non-hydrogen) atoms. The molecule has 3 aromatic rings. The number of nitrogens with one attached hydrogen (secondary N) is 1. The minimum Gasteiger partial charge on any atom is -0.368 e. The highest BCUT2D eigenvalue weighted by molar-refractivity contribution is 7.16. The van der Waals surface area contributed by atoms with E-state index in [2.05, 4.69) is 37.3 Å². The van der Waals surface area contributed by atoms with Crippen LogP contribution in [-0.4, -0.2) is 52.1 Å². The first kappa shape index (κ1) is 17.2. The van der Waals surface area contributed by atoms with Gasteiger partial charge in [-0.15, -0.1) is 11.3 Å². The van der Waals surface area contributed by atoms with Crippen LogP contribution in [0.2, 0.25) is 0 Å². The van der Waals surface area contributed by atoms with Gasteiger partial charge in [0.15, 0.2) is 10.6 Å². The lowest BCUT2D eigenvalue weighted by Gasteiger charge is -2.35. The van der Waals surface area contributed by atoms with Gasteiger partial charge in [0.2, 0.25) is 5.95 Å². The van der Waals surface area contributed by atoms with Crippen LogP contribution < -0.4 is 16.0 Å². The van der Waals surface area contributed by atoms with E-state index in [1.165, 1.54) is 28.9 Å². The van der Waals surface area contributed by atoms with E-state index in [-0.39, 0.29) is 12.0 Å². The van der Waals surface area contributed by atoms with Gasteiger partial charge in [0, 0.05) is 31.9 Å². The van der Waals surface area contributed by atoms with E-state index in [0.29, 0.717) is 26.2 Å². The van der Waals surface area contributed by atoms with Gasteiger partial charge >= 0.3 is 6.03 Å². The Kier molecular flexibility index (Phi) is 4.23. The fraction of sp³-hybridized carbons (Fsp3) is 0.368. The predicted molar refractivity (Wildman–Crippen MR) is 111 cm³/mol. The van der Waals surface area contributed by atoms with Gasteiger partial charge in [0.1, 0.15) is 5.52 Å². The summed E-state index contributed by atoms with van der Waals surface area (Å²) in [6, 6.07) is 6.19. The third kappa shape index (κ3) is 3.11. The zero-order valence-electron chi connectivity index (χ0n) is 15.4. The number of aromatic nitrogens is 3. The van der Waals surface area contributed by atoms with Crippen molar-refractivity contribution >= 4 is 45.2 Å². The van der Waals surface area contributed by atoms with Crippen LogP contribution in [0.15, 0.2) is 23.7 Å². The summed E-state index contributed by atoms with van der Waals surface area (Å²) in [6.45, 7) is 2.60. The van der Waals surface area contributed by atoms with Crippen molar-refractivity contribution in [1.82, 2.24) is 19.9 Å². The van der Waals surface area contributed by atoms with E-state index in [9.17, 15) is 4.79 Å². The average molecular weight is 395 g/mol. The van der Waals surface area contributed by atoms with Crippen LogP contribution in [0.25, 0.3) is 10.3 Å². The number of urea groups is 1. The van der Waals surface area contributed by atoms with Gasteiger partial charge in [-0.3, -0.25) is 0 Å². The number of hydrogen-bond acceptors (Lipinski definition) is 7. The summed E-state index contributed by atoms with van der Waals surface area (Å²) in [5.74, 6) is 1.01. The quantitative estimate of drug-likeness (QED) is 0.692. The molecule has 2 amide bonds. The second-order valence-corrected chi connectivity index (χ2v) is 7.99. The largest absolute Gasteiger partial charge is 0.368 e. The first-order valence-corrected chi connectivity index (χ1v) is 10.3. The molecule has 1 aromatic carbocycles. The Hall–Kier alpha value is -2.94. The maximum absolute atomic E-state index is 12.7. The molecule has 144 valence electrons. The van der Waals surface area contributed by atoms with Crippen LogP contribution in [0, 0.1) is 0 Å². The van der Waals surface area contributed by atoms with E-state index < -0.39 is 0 Å². The molecule has 1 aliphatic carbocycles. The van der Waals surface area contributed by atoms with Gasteiger partial charge in [-0.2, -0.15) is 4.98 Å². The van der Waals surface area contributed by atoms with Gasteiger partial charge in [-0.05, 0) is 42.5 Å². The lowest BCUT2D eigenvalue weighted by Crippen LogP contribution is -2.50. The summed E-state index contributed by atoms with van der Waals surface area (Å²) < 4.78 is 0. The molecule has 0 spiro atoms. The molecule has 0 unspecified atom stereocenters. The van der Waals surface area contributed by atoms with Gasteiger partial charge in [-0.1, -0.05) is 6.07 Å². The zero-order valence-corrected chi connectivity index (χ0v) is 16.2.